The van der Waals surface area contributed by atoms with E-state index in [1.807, 2.05) is 59.4 Å². The van der Waals surface area contributed by atoms with Gasteiger partial charge in [-0.1, -0.05) is 30.3 Å². The van der Waals surface area contributed by atoms with Gasteiger partial charge in [0.1, 0.15) is 24.2 Å². The molecule has 3 aromatic carbocycles. The number of carboxylic acid groups (broad SMARTS) is 1. The summed E-state index contributed by atoms with van der Waals surface area (Å²) in [6.45, 7) is 0.607. The molecule has 2 amide bonds. The van der Waals surface area contributed by atoms with Crippen LogP contribution in [0.4, 0.5) is 10.5 Å². The Kier molecular flexibility index (Phi) is 10.6. The summed E-state index contributed by atoms with van der Waals surface area (Å²) in [7, 11) is 0. The van der Waals surface area contributed by atoms with Crippen LogP contribution in [0.25, 0.3) is 5.69 Å². The van der Waals surface area contributed by atoms with Crippen molar-refractivity contribution in [2.75, 3.05) is 18.5 Å². The number of urea groups is 1. The summed E-state index contributed by atoms with van der Waals surface area (Å²) < 4.78 is 13.3. The van der Waals surface area contributed by atoms with E-state index in [-0.39, 0.29) is 48.6 Å². The number of benzene rings is 3. The molecule has 1 heterocycles. The van der Waals surface area contributed by atoms with Crippen molar-refractivity contribution in [3.05, 3.63) is 109 Å². The molecule has 0 spiro atoms. The van der Waals surface area contributed by atoms with Crippen LogP contribution in [0.3, 0.4) is 0 Å². The molecule has 4 rings (SSSR count). The molecule has 2 N–H and O–H groups in total. The normalized spacial score (nSPS) is 11.0. The molecule has 0 aliphatic heterocycles. The average Bonchev–Trinajstić information content (AvgIpc) is 3.43. The number of carbonyl (C=O) groups is 2. The van der Waals surface area contributed by atoms with Gasteiger partial charge in [0.15, 0.2) is 0 Å². The van der Waals surface area contributed by atoms with Crippen LogP contribution in [-0.2, 0) is 11.2 Å². The Morgan fingerprint density at radius 2 is 1.49 bits per heavy atom. The van der Waals surface area contributed by atoms with Crippen LogP contribution < -0.4 is 54.8 Å². The largest absolute Gasteiger partial charge is 1.00 e. The molecule has 4 aromatic rings. The van der Waals surface area contributed by atoms with Gasteiger partial charge in [-0.05, 0) is 66.2 Å². The Balaban J connectivity index is 0.00000380. The minimum atomic E-state index is -1.29. The van der Waals surface area contributed by atoms with E-state index in [1.165, 1.54) is 0 Å². The smallest absolute Gasteiger partial charge is 0.546 e. The number of carbonyl (C=O) groups excluding carboxylic acids is 2. The van der Waals surface area contributed by atoms with E-state index in [9.17, 15) is 14.7 Å². The Hall–Kier alpha value is -3.72. The van der Waals surface area contributed by atoms with Crippen LogP contribution in [0.2, 0.25) is 0 Å². The number of aromatic nitrogens is 1. The molecular formula is C28H26N3NaO5. The zero-order valence-electron chi connectivity index (χ0n) is 20.5. The molecule has 8 nitrogen and oxygen atoms in total. The first-order chi connectivity index (χ1) is 17.6. The molecule has 9 heteroatoms. The number of carboxylic acids is 1. The van der Waals surface area contributed by atoms with Crippen LogP contribution >= 0.6 is 0 Å². The second kappa shape index (κ2) is 14.1. The van der Waals surface area contributed by atoms with Gasteiger partial charge in [0.25, 0.3) is 0 Å². The SMILES string of the molecule is O=C(NCCOc1ccc(CC(Oc2ccc(-n3cccc3)cc2)C(=O)[O-])cc1)Nc1ccccc1.[Na+]. The second-order valence-corrected chi connectivity index (χ2v) is 7.95. The van der Waals surface area contributed by atoms with Gasteiger partial charge in [-0.15, -0.1) is 0 Å². The van der Waals surface area contributed by atoms with Crippen molar-refractivity contribution in [1.82, 2.24) is 9.88 Å². The Morgan fingerprint density at radius 1 is 0.838 bits per heavy atom. The van der Waals surface area contributed by atoms with Crippen molar-refractivity contribution in [2.24, 2.45) is 0 Å². The van der Waals surface area contributed by atoms with Gasteiger partial charge >= 0.3 is 35.6 Å². The Labute approximate surface area is 237 Å². The monoisotopic (exact) mass is 507 g/mol. The predicted molar refractivity (Wildman–Crippen MR) is 134 cm³/mol. The van der Waals surface area contributed by atoms with Crippen molar-refractivity contribution >= 4 is 17.7 Å². The van der Waals surface area contributed by atoms with Gasteiger partial charge in [0.05, 0.1) is 12.5 Å². The topological polar surface area (TPSA) is 105 Å². The van der Waals surface area contributed by atoms with E-state index < -0.39 is 12.1 Å². The number of amides is 2. The molecule has 0 aliphatic rings. The second-order valence-electron chi connectivity index (χ2n) is 7.95. The molecule has 0 saturated carbocycles. The third kappa shape index (κ3) is 8.71. The van der Waals surface area contributed by atoms with Gasteiger partial charge in [-0.2, -0.15) is 0 Å². The number of hydrogen-bond donors (Lipinski definition) is 2. The summed E-state index contributed by atoms with van der Waals surface area (Å²) in [5, 5.41) is 17.1. The third-order valence-corrected chi connectivity index (χ3v) is 5.31. The van der Waals surface area contributed by atoms with E-state index in [4.69, 9.17) is 9.47 Å². The molecule has 184 valence electrons. The van der Waals surface area contributed by atoms with Crippen molar-refractivity contribution in [3.63, 3.8) is 0 Å². The van der Waals surface area contributed by atoms with E-state index >= 15 is 0 Å². The predicted octanol–water partition coefficient (Wildman–Crippen LogP) is 0.422. The molecule has 0 radical (unpaired) electrons. The molecule has 1 unspecified atom stereocenters. The van der Waals surface area contributed by atoms with Crippen LogP contribution in [0.1, 0.15) is 5.56 Å². The van der Waals surface area contributed by atoms with Crippen LogP contribution in [0.15, 0.2) is 103 Å². The van der Waals surface area contributed by atoms with E-state index in [2.05, 4.69) is 10.6 Å². The quantitative estimate of drug-likeness (QED) is 0.226. The standard InChI is InChI=1S/C28H27N3O5.Na/c32-27(33)26(36-25-14-10-23(11-15-25)31-17-4-5-18-31)20-21-8-12-24(13-9-21)35-19-16-29-28(34)30-22-6-2-1-3-7-22;/h1-15,17-18,26H,16,19-20H2,(H,32,33)(H2,29,30,34);/q;+1/p-1. The van der Waals surface area contributed by atoms with Gasteiger partial charge < -0.3 is 34.6 Å². The molecule has 0 fully saturated rings. The number of hydrogen-bond acceptors (Lipinski definition) is 5. The van der Waals surface area contributed by atoms with Crippen LogP contribution in [-0.4, -0.2) is 35.8 Å². The van der Waals surface area contributed by atoms with Crippen LogP contribution in [0, 0.1) is 0 Å². The Morgan fingerprint density at radius 3 is 2.14 bits per heavy atom. The number of nitrogens with one attached hydrogen (secondary N) is 2. The zero-order valence-corrected chi connectivity index (χ0v) is 22.5. The van der Waals surface area contributed by atoms with Gasteiger partial charge in [0, 0.05) is 30.2 Å². The van der Waals surface area contributed by atoms with Gasteiger partial charge in [0.2, 0.25) is 0 Å². The van der Waals surface area contributed by atoms with Crippen molar-refractivity contribution in [3.8, 4) is 17.2 Å². The summed E-state index contributed by atoms with van der Waals surface area (Å²) in [4.78, 5) is 23.6. The van der Waals surface area contributed by atoms with Crippen molar-refractivity contribution in [2.45, 2.75) is 12.5 Å². The maximum Gasteiger partial charge on any atom is 1.00 e. The number of anilines is 1. The molecule has 0 bridgehead atoms. The Bertz CT molecular complexity index is 1250. The fraction of sp³-hybridized carbons (Fsp3) is 0.143. The minimum absolute atomic E-state index is 0. The molecule has 0 aliphatic carbocycles. The number of para-hydroxylation sites is 1. The average molecular weight is 508 g/mol. The molecular weight excluding hydrogens is 481 g/mol. The molecule has 1 aromatic heterocycles. The van der Waals surface area contributed by atoms with Gasteiger partial charge in [-0.3, -0.25) is 0 Å². The molecule has 37 heavy (non-hydrogen) atoms. The first-order valence-electron chi connectivity index (χ1n) is 11.5. The summed E-state index contributed by atoms with van der Waals surface area (Å²) in [5.74, 6) is -0.232. The van der Waals surface area contributed by atoms with E-state index in [0.29, 0.717) is 23.7 Å². The fourth-order valence-electron chi connectivity index (χ4n) is 3.51. The third-order valence-electron chi connectivity index (χ3n) is 5.31. The molecule has 1 atom stereocenters. The summed E-state index contributed by atoms with van der Waals surface area (Å²) >= 11 is 0. The number of rotatable bonds is 11. The maximum atomic E-state index is 11.9. The number of aliphatic carboxylic acids is 1. The minimum Gasteiger partial charge on any atom is -0.546 e. The summed E-state index contributed by atoms with van der Waals surface area (Å²) in [6.07, 6.45) is 2.85. The van der Waals surface area contributed by atoms with Crippen LogP contribution in [0.5, 0.6) is 11.5 Å². The zero-order chi connectivity index (χ0) is 25.2. The van der Waals surface area contributed by atoms with Crippen molar-refractivity contribution in [1.29, 1.82) is 0 Å². The number of nitrogens with zero attached hydrogens (tertiary/aromatic N) is 1. The number of ether oxygens (including phenoxy) is 2. The summed E-state index contributed by atoms with van der Waals surface area (Å²) in [5.41, 5.74) is 2.42. The first-order valence-corrected chi connectivity index (χ1v) is 11.5. The maximum absolute atomic E-state index is 11.9. The summed E-state index contributed by atoms with van der Waals surface area (Å²) in [6, 6.07) is 26.9. The van der Waals surface area contributed by atoms with Gasteiger partial charge in [-0.25, -0.2) is 4.79 Å². The fourth-order valence-corrected chi connectivity index (χ4v) is 3.51. The van der Waals surface area contributed by atoms with E-state index in [0.717, 1.165) is 11.3 Å². The molecule has 0 saturated heterocycles. The van der Waals surface area contributed by atoms with E-state index in [1.54, 1.807) is 48.5 Å². The first kappa shape index (κ1) is 27.9. The van der Waals surface area contributed by atoms with Crippen molar-refractivity contribution < 1.29 is 53.7 Å².